The maximum absolute atomic E-state index is 12.4. The summed E-state index contributed by atoms with van der Waals surface area (Å²) in [5, 5.41) is 12.6. The molecule has 110 valence electrons. The van der Waals surface area contributed by atoms with Crippen LogP contribution in [0.15, 0.2) is 17.8 Å². The van der Waals surface area contributed by atoms with Gasteiger partial charge in [-0.05, 0) is 24.7 Å². The SMILES string of the molecule is O=C(Nc1cn[nH]c1-c1nccs1)N1CCC2(CCC2)C1. The van der Waals surface area contributed by atoms with Crippen molar-refractivity contribution in [3.05, 3.63) is 17.8 Å². The van der Waals surface area contributed by atoms with Gasteiger partial charge in [-0.15, -0.1) is 11.3 Å². The third-order valence-corrected chi connectivity index (χ3v) is 5.46. The van der Waals surface area contributed by atoms with Gasteiger partial charge in [0.1, 0.15) is 10.7 Å². The number of hydrogen-bond acceptors (Lipinski definition) is 4. The van der Waals surface area contributed by atoms with E-state index in [1.54, 1.807) is 12.4 Å². The highest BCUT2D eigenvalue weighted by atomic mass is 32.1. The molecule has 6 nitrogen and oxygen atoms in total. The van der Waals surface area contributed by atoms with Gasteiger partial charge in [0, 0.05) is 24.7 Å². The molecule has 1 aliphatic carbocycles. The first-order chi connectivity index (χ1) is 10.3. The molecule has 2 fully saturated rings. The number of aromatic amines is 1. The smallest absolute Gasteiger partial charge is 0.321 e. The molecule has 1 saturated carbocycles. The molecule has 2 amide bonds. The number of nitrogens with one attached hydrogen (secondary N) is 2. The Morgan fingerprint density at radius 2 is 2.33 bits per heavy atom. The molecule has 2 aromatic heterocycles. The van der Waals surface area contributed by atoms with Crippen molar-refractivity contribution in [1.29, 1.82) is 0 Å². The Morgan fingerprint density at radius 3 is 3.00 bits per heavy atom. The Labute approximate surface area is 126 Å². The highest BCUT2D eigenvalue weighted by Crippen LogP contribution is 2.48. The lowest BCUT2D eigenvalue weighted by molar-refractivity contribution is 0.144. The Morgan fingerprint density at radius 1 is 1.43 bits per heavy atom. The molecule has 0 atom stereocenters. The van der Waals surface area contributed by atoms with Crippen LogP contribution in [0.1, 0.15) is 25.7 Å². The zero-order valence-electron chi connectivity index (χ0n) is 11.6. The summed E-state index contributed by atoms with van der Waals surface area (Å²) in [4.78, 5) is 18.6. The number of carbonyl (C=O) groups is 1. The van der Waals surface area contributed by atoms with E-state index in [4.69, 9.17) is 0 Å². The van der Waals surface area contributed by atoms with Crippen molar-refractivity contribution in [1.82, 2.24) is 20.1 Å². The minimum atomic E-state index is -0.0296. The van der Waals surface area contributed by atoms with Crippen LogP contribution < -0.4 is 5.32 Å². The van der Waals surface area contributed by atoms with Gasteiger partial charge in [-0.3, -0.25) is 5.10 Å². The van der Waals surface area contributed by atoms with E-state index in [9.17, 15) is 4.79 Å². The summed E-state index contributed by atoms with van der Waals surface area (Å²) >= 11 is 1.52. The maximum Gasteiger partial charge on any atom is 0.321 e. The van der Waals surface area contributed by atoms with Crippen molar-refractivity contribution >= 4 is 23.1 Å². The molecule has 0 aromatic carbocycles. The molecule has 0 radical (unpaired) electrons. The summed E-state index contributed by atoms with van der Waals surface area (Å²) in [6.07, 6.45) is 8.38. The van der Waals surface area contributed by atoms with E-state index in [0.29, 0.717) is 11.1 Å². The van der Waals surface area contributed by atoms with Crippen LogP contribution in [-0.2, 0) is 0 Å². The molecule has 2 aromatic rings. The summed E-state index contributed by atoms with van der Waals surface area (Å²) in [5.41, 5.74) is 1.90. The average molecular weight is 303 g/mol. The second kappa shape index (κ2) is 4.84. The van der Waals surface area contributed by atoms with Crippen molar-refractivity contribution in [2.45, 2.75) is 25.7 Å². The van der Waals surface area contributed by atoms with Crippen molar-refractivity contribution in [3.8, 4) is 10.7 Å². The van der Waals surface area contributed by atoms with Gasteiger partial charge in [-0.2, -0.15) is 5.10 Å². The maximum atomic E-state index is 12.4. The van der Waals surface area contributed by atoms with Crippen molar-refractivity contribution in [3.63, 3.8) is 0 Å². The monoisotopic (exact) mass is 303 g/mol. The van der Waals surface area contributed by atoms with Gasteiger partial charge < -0.3 is 10.2 Å². The molecule has 1 spiro atoms. The molecule has 4 rings (SSSR count). The van der Waals surface area contributed by atoms with Crippen LogP contribution >= 0.6 is 11.3 Å². The predicted octanol–water partition coefficient (Wildman–Crippen LogP) is 2.94. The molecule has 21 heavy (non-hydrogen) atoms. The Kier molecular flexibility index (Phi) is 2.95. The number of urea groups is 1. The Balaban J connectivity index is 1.47. The van der Waals surface area contributed by atoms with E-state index < -0.39 is 0 Å². The molecule has 2 aliphatic rings. The van der Waals surface area contributed by atoms with Gasteiger partial charge in [0.2, 0.25) is 0 Å². The number of carbonyl (C=O) groups excluding carboxylic acids is 1. The first kappa shape index (κ1) is 12.8. The lowest BCUT2D eigenvalue weighted by Gasteiger charge is -2.37. The first-order valence-electron chi connectivity index (χ1n) is 7.25. The summed E-state index contributed by atoms with van der Waals surface area (Å²) in [6, 6.07) is -0.0296. The molecule has 0 unspecified atom stereocenters. The van der Waals surface area contributed by atoms with E-state index in [0.717, 1.165) is 30.2 Å². The fraction of sp³-hybridized carbons (Fsp3) is 0.500. The van der Waals surface area contributed by atoms with E-state index in [-0.39, 0.29) is 6.03 Å². The summed E-state index contributed by atoms with van der Waals surface area (Å²) in [6.45, 7) is 1.75. The van der Waals surface area contributed by atoms with Crippen LogP contribution in [0.4, 0.5) is 10.5 Å². The molecular formula is C14H17N5OS. The van der Waals surface area contributed by atoms with Gasteiger partial charge in [0.25, 0.3) is 0 Å². The van der Waals surface area contributed by atoms with Crippen LogP contribution in [-0.4, -0.2) is 39.2 Å². The second-order valence-corrected chi connectivity index (χ2v) is 6.85. The van der Waals surface area contributed by atoms with Gasteiger partial charge >= 0.3 is 6.03 Å². The fourth-order valence-electron chi connectivity index (χ4n) is 3.28. The third kappa shape index (κ3) is 2.21. The molecule has 2 N–H and O–H groups in total. The number of likely N-dealkylation sites (tertiary alicyclic amines) is 1. The van der Waals surface area contributed by atoms with E-state index >= 15 is 0 Å². The average Bonchev–Trinajstić information content (AvgIpc) is 3.17. The molecule has 1 aliphatic heterocycles. The van der Waals surface area contributed by atoms with Crippen molar-refractivity contribution < 1.29 is 4.79 Å². The molecule has 7 heteroatoms. The largest absolute Gasteiger partial charge is 0.324 e. The van der Waals surface area contributed by atoms with Crippen LogP contribution in [0.5, 0.6) is 0 Å². The van der Waals surface area contributed by atoms with E-state index in [2.05, 4.69) is 20.5 Å². The van der Waals surface area contributed by atoms with Gasteiger partial charge in [-0.25, -0.2) is 9.78 Å². The first-order valence-corrected chi connectivity index (χ1v) is 8.13. The highest BCUT2D eigenvalue weighted by Gasteiger charge is 2.44. The molecule has 1 saturated heterocycles. The van der Waals surface area contributed by atoms with Crippen LogP contribution in [0.25, 0.3) is 10.7 Å². The fourth-order valence-corrected chi connectivity index (χ4v) is 3.92. The molecule has 3 heterocycles. The summed E-state index contributed by atoms with van der Waals surface area (Å²) in [7, 11) is 0. The Bertz CT molecular complexity index is 646. The molecule has 0 bridgehead atoms. The van der Waals surface area contributed by atoms with E-state index in [1.807, 2.05) is 10.3 Å². The minimum Gasteiger partial charge on any atom is -0.324 e. The number of hydrogen-bond donors (Lipinski definition) is 2. The van der Waals surface area contributed by atoms with Crippen LogP contribution in [0, 0.1) is 5.41 Å². The Hall–Kier alpha value is -1.89. The number of amides is 2. The highest BCUT2D eigenvalue weighted by molar-refractivity contribution is 7.13. The normalized spacial score (nSPS) is 19.7. The number of anilines is 1. The number of nitrogens with zero attached hydrogens (tertiary/aromatic N) is 3. The van der Waals surface area contributed by atoms with Crippen molar-refractivity contribution in [2.75, 3.05) is 18.4 Å². The second-order valence-electron chi connectivity index (χ2n) is 5.95. The predicted molar refractivity (Wildman–Crippen MR) is 81.2 cm³/mol. The number of aromatic nitrogens is 3. The van der Waals surface area contributed by atoms with Crippen LogP contribution in [0.3, 0.4) is 0 Å². The van der Waals surface area contributed by atoms with Crippen molar-refractivity contribution in [2.24, 2.45) is 5.41 Å². The molecular weight excluding hydrogens is 286 g/mol. The number of rotatable bonds is 2. The number of H-pyrrole nitrogens is 1. The summed E-state index contributed by atoms with van der Waals surface area (Å²) < 4.78 is 0. The topological polar surface area (TPSA) is 73.9 Å². The number of thiazole rings is 1. The lowest BCUT2D eigenvalue weighted by Crippen LogP contribution is -2.37. The third-order valence-electron chi connectivity index (χ3n) is 4.67. The lowest BCUT2D eigenvalue weighted by atomic mass is 9.68. The minimum absolute atomic E-state index is 0.0296. The van der Waals surface area contributed by atoms with Gasteiger partial charge in [0.05, 0.1) is 11.9 Å². The van der Waals surface area contributed by atoms with Gasteiger partial charge in [-0.1, -0.05) is 6.42 Å². The standard InChI is InChI=1S/C14H17N5OS/c20-13(19-6-4-14(9-19)2-1-3-14)17-10-8-16-18-11(10)12-15-5-7-21-12/h5,7-8H,1-4,6,9H2,(H,16,18)(H,17,20). The van der Waals surface area contributed by atoms with E-state index in [1.165, 1.54) is 30.6 Å². The quantitative estimate of drug-likeness (QED) is 0.895. The summed E-state index contributed by atoms with van der Waals surface area (Å²) in [5.74, 6) is 0. The van der Waals surface area contributed by atoms with Gasteiger partial charge in [0.15, 0.2) is 0 Å². The zero-order valence-corrected chi connectivity index (χ0v) is 12.4. The zero-order chi connectivity index (χ0) is 14.3. The van der Waals surface area contributed by atoms with Crippen LogP contribution in [0.2, 0.25) is 0 Å².